The lowest BCUT2D eigenvalue weighted by molar-refractivity contribution is -0.0433. The van der Waals surface area contributed by atoms with E-state index in [1.165, 1.54) is 0 Å². The topological polar surface area (TPSA) is 56.6 Å². The van der Waals surface area contributed by atoms with Gasteiger partial charge in [-0.05, 0) is 40.3 Å². The van der Waals surface area contributed by atoms with Crippen LogP contribution in [-0.4, -0.2) is 60.4 Å². The molecule has 0 aliphatic carbocycles. The third-order valence-electron chi connectivity index (χ3n) is 3.95. The minimum absolute atomic E-state index is 0.0321. The van der Waals surface area contributed by atoms with Gasteiger partial charge in [0.1, 0.15) is 11.3 Å². The van der Waals surface area contributed by atoms with Crippen molar-refractivity contribution >= 4 is 5.78 Å². The van der Waals surface area contributed by atoms with Gasteiger partial charge < -0.3 is 14.4 Å². The van der Waals surface area contributed by atoms with Crippen molar-refractivity contribution in [2.75, 3.05) is 34.4 Å². The summed E-state index contributed by atoms with van der Waals surface area (Å²) in [5.41, 5.74) is -0.245. The van der Waals surface area contributed by atoms with Gasteiger partial charge >= 0.3 is 0 Å². The van der Waals surface area contributed by atoms with Crippen molar-refractivity contribution in [1.29, 1.82) is 0 Å². The van der Waals surface area contributed by atoms with Crippen molar-refractivity contribution in [3.05, 3.63) is 11.9 Å². The van der Waals surface area contributed by atoms with E-state index in [1.807, 2.05) is 21.0 Å². The van der Waals surface area contributed by atoms with Gasteiger partial charge in [0.2, 0.25) is 5.78 Å². The number of Topliss-reactive ketones (excluding diaryl/α,β-unsaturated/α-hetero) is 1. The van der Waals surface area contributed by atoms with E-state index in [1.54, 1.807) is 18.0 Å². The molecule has 0 spiro atoms. The maximum atomic E-state index is 12.9. The Kier molecular flexibility index (Phi) is 5.00. The lowest BCUT2D eigenvalue weighted by Crippen LogP contribution is -2.42. The molecule has 1 aromatic rings. The highest BCUT2D eigenvalue weighted by Gasteiger charge is 2.40. The summed E-state index contributed by atoms with van der Waals surface area (Å²) in [4.78, 5) is 15.0. The average Bonchev–Trinajstić information content (AvgIpc) is 2.87. The smallest absolute Gasteiger partial charge is 0.216 e. The highest BCUT2D eigenvalue weighted by molar-refractivity contribution is 6.03. The van der Waals surface area contributed by atoms with Crippen LogP contribution in [0.1, 0.15) is 36.7 Å². The molecule has 0 radical (unpaired) electrons. The Morgan fingerprint density at radius 2 is 2.29 bits per heavy atom. The molecule has 0 aromatic carbocycles. The highest BCUT2D eigenvalue weighted by atomic mass is 16.5. The second kappa shape index (κ2) is 6.58. The summed E-state index contributed by atoms with van der Waals surface area (Å²) in [7, 11) is 5.55. The number of nitrogens with zero attached hydrogens (tertiary/aromatic N) is 3. The number of hydrogen-bond donors (Lipinski definition) is 0. The largest absolute Gasteiger partial charge is 0.493 e. The van der Waals surface area contributed by atoms with Crippen LogP contribution in [0.4, 0.5) is 0 Å². The van der Waals surface area contributed by atoms with Crippen molar-refractivity contribution < 1.29 is 14.3 Å². The monoisotopic (exact) mass is 295 g/mol. The van der Waals surface area contributed by atoms with Gasteiger partial charge in [0.25, 0.3) is 0 Å². The maximum absolute atomic E-state index is 12.9. The number of methoxy groups -OCH3 is 1. The summed E-state index contributed by atoms with van der Waals surface area (Å²) in [5.74, 6) is 0.490. The third kappa shape index (κ3) is 3.44. The van der Waals surface area contributed by atoms with E-state index >= 15 is 0 Å². The van der Waals surface area contributed by atoms with Gasteiger partial charge in [-0.25, -0.2) is 0 Å². The summed E-state index contributed by atoms with van der Waals surface area (Å²) >= 11 is 0. The molecule has 0 saturated carbocycles. The number of aromatic nitrogens is 2. The van der Waals surface area contributed by atoms with Gasteiger partial charge in [-0.3, -0.25) is 9.48 Å². The first-order valence-corrected chi connectivity index (χ1v) is 7.41. The van der Waals surface area contributed by atoms with Gasteiger partial charge in [-0.15, -0.1) is 0 Å². The lowest BCUT2D eigenvalue weighted by Gasteiger charge is -2.32. The minimum Gasteiger partial charge on any atom is -0.493 e. The van der Waals surface area contributed by atoms with E-state index in [0.717, 1.165) is 25.8 Å². The number of hydrogen-bond acceptors (Lipinski definition) is 5. The van der Waals surface area contributed by atoms with Crippen LogP contribution in [0.15, 0.2) is 6.20 Å². The Hall–Kier alpha value is -1.40. The van der Waals surface area contributed by atoms with Crippen LogP contribution >= 0.6 is 0 Å². The Morgan fingerprint density at radius 1 is 1.52 bits per heavy atom. The fourth-order valence-corrected chi connectivity index (χ4v) is 2.57. The number of rotatable bonds is 6. The Morgan fingerprint density at radius 3 is 2.86 bits per heavy atom. The molecule has 2 heterocycles. The Balaban J connectivity index is 2.27. The summed E-state index contributed by atoms with van der Waals surface area (Å²) < 4.78 is 12.8. The predicted molar refractivity (Wildman–Crippen MR) is 79.9 cm³/mol. The average molecular weight is 295 g/mol. The quantitative estimate of drug-likeness (QED) is 0.746. The first-order chi connectivity index (χ1) is 9.98. The molecule has 6 nitrogen and oxygen atoms in total. The molecule has 2 rings (SSSR count). The van der Waals surface area contributed by atoms with Crippen LogP contribution in [0.5, 0.6) is 5.75 Å². The van der Waals surface area contributed by atoms with E-state index in [4.69, 9.17) is 9.47 Å². The molecule has 0 bridgehead atoms. The molecule has 6 heteroatoms. The molecular weight excluding hydrogens is 270 g/mol. The standard InChI is InChI=1S/C15H25N3O3/c1-15(7-5-6-10-21-15)14(19)13-12(20-4)11-16-18(13)9-8-17(2)3/h11H,5-10H2,1-4H3. The first-order valence-electron chi connectivity index (χ1n) is 7.41. The van der Waals surface area contributed by atoms with Gasteiger partial charge in [-0.2, -0.15) is 5.10 Å². The summed E-state index contributed by atoms with van der Waals surface area (Å²) in [6.07, 6.45) is 4.37. The van der Waals surface area contributed by atoms with E-state index in [0.29, 0.717) is 24.6 Å². The molecule has 1 atom stereocenters. The van der Waals surface area contributed by atoms with E-state index in [-0.39, 0.29) is 5.78 Å². The first kappa shape index (κ1) is 16.0. The van der Waals surface area contributed by atoms with Crippen LogP contribution in [0.25, 0.3) is 0 Å². The number of likely N-dealkylation sites (N-methyl/N-ethyl adjacent to an activating group) is 1. The summed E-state index contributed by atoms with van der Waals surface area (Å²) in [6, 6.07) is 0. The molecule has 118 valence electrons. The predicted octanol–water partition coefficient (Wildman–Crippen LogP) is 1.60. The molecule has 1 aliphatic heterocycles. The molecule has 1 aromatic heterocycles. The molecular formula is C15H25N3O3. The normalized spacial score (nSPS) is 22.5. The summed E-state index contributed by atoms with van der Waals surface area (Å²) in [5, 5.41) is 4.29. The third-order valence-corrected chi connectivity index (χ3v) is 3.95. The Bertz CT molecular complexity index is 490. The molecule has 21 heavy (non-hydrogen) atoms. The summed E-state index contributed by atoms with van der Waals surface area (Å²) in [6.45, 7) is 3.96. The van der Waals surface area contributed by atoms with Gasteiger partial charge in [-0.1, -0.05) is 0 Å². The van der Waals surface area contributed by atoms with Gasteiger partial charge in [0.15, 0.2) is 5.75 Å². The minimum atomic E-state index is -0.762. The van der Waals surface area contributed by atoms with Crippen LogP contribution < -0.4 is 4.74 Å². The van der Waals surface area contributed by atoms with E-state index in [2.05, 4.69) is 10.00 Å². The zero-order valence-electron chi connectivity index (χ0n) is 13.4. The van der Waals surface area contributed by atoms with Crippen molar-refractivity contribution in [3.63, 3.8) is 0 Å². The number of ether oxygens (including phenoxy) is 2. The number of ketones is 1. The molecule has 1 unspecified atom stereocenters. The van der Waals surface area contributed by atoms with Crippen LogP contribution in [0.2, 0.25) is 0 Å². The van der Waals surface area contributed by atoms with Crippen LogP contribution in [0, 0.1) is 0 Å². The van der Waals surface area contributed by atoms with Crippen LogP contribution in [-0.2, 0) is 11.3 Å². The Labute approximate surface area is 126 Å². The second-order valence-electron chi connectivity index (χ2n) is 5.95. The number of carbonyl (C=O) groups excluding carboxylic acids is 1. The molecule has 1 fully saturated rings. The SMILES string of the molecule is COc1cnn(CCN(C)C)c1C(=O)C1(C)CCCCO1. The van der Waals surface area contributed by atoms with Crippen molar-refractivity contribution in [1.82, 2.24) is 14.7 Å². The second-order valence-corrected chi connectivity index (χ2v) is 5.95. The van der Waals surface area contributed by atoms with Crippen molar-refractivity contribution in [3.8, 4) is 5.75 Å². The van der Waals surface area contributed by atoms with Gasteiger partial charge in [0.05, 0.1) is 19.9 Å². The molecule has 0 N–H and O–H groups in total. The highest BCUT2D eigenvalue weighted by Crippen LogP contribution is 2.31. The van der Waals surface area contributed by atoms with Crippen LogP contribution in [0.3, 0.4) is 0 Å². The number of carbonyl (C=O) groups is 1. The molecule has 1 saturated heterocycles. The van der Waals surface area contributed by atoms with E-state index in [9.17, 15) is 4.79 Å². The lowest BCUT2D eigenvalue weighted by atomic mass is 9.89. The maximum Gasteiger partial charge on any atom is 0.216 e. The fourth-order valence-electron chi connectivity index (χ4n) is 2.57. The zero-order valence-corrected chi connectivity index (χ0v) is 13.4. The zero-order chi connectivity index (χ0) is 15.5. The molecule has 0 amide bonds. The van der Waals surface area contributed by atoms with Gasteiger partial charge in [0, 0.05) is 13.2 Å². The van der Waals surface area contributed by atoms with E-state index < -0.39 is 5.60 Å². The molecule has 1 aliphatic rings. The fraction of sp³-hybridized carbons (Fsp3) is 0.733. The van der Waals surface area contributed by atoms with Crippen molar-refractivity contribution in [2.45, 2.75) is 38.3 Å². The van der Waals surface area contributed by atoms with Crippen molar-refractivity contribution in [2.24, 2.45) is 0 Å².